The number of carbonyl (C=O) groups is 2. The number of hydrogen-bond donors (Lipinski definition) is 1. The van der Waals surface area contributed by atoms with Crippen LogP contribution in [0.4, 0.5) is 0 Å². The Morgan fingerprint density at radius 2 is 1.73 bits per heavy atom. The largest absolute Gasteiger partial charge is 0.482 e. The molecule has 5 nitrogen and oxygen atoms in total. The fourth-order valence-electron chi connectivity index (χ4n) is 2.28. The van der Waals surface area contributed by atoms with Crippen molar-refractivity contribution in [2.45, 2.75) is 25.8 Å². The molecule has 0 aromatic heterocycles. The zero-order valence-electron chi connectivity index (χ0n) is 14.6. The summed E-state index contributed by atoms with van der Waals surface area (Å²) in [7, 11) is 0. The van der Waals surface area contributed by atoms with Crippen LogP contribution >= 0.6 is 11.6 Å². The highest BCUT2D eigenvalue weighted by atomic mass is 35.5. The van der Waals surface area contributed by atoms with Crippen molar-refractivity contribution in [3.05, 3.63) is 65.2 Å². The van der Waals surface area contributed by atoms with E-state index in [1.165, 1.54) is 5.56 Å². The van der Waals surface area contributed by atoms with Gasteiger partial charge in [-0.2, -0.15) is 0 Å². The quantitative estimate of drug-likeness (QED) is 0.682. The van der Waals surface area contributed by atoms with E-state index in [1.807, 2.05) is 25.1 Å². The number of hydrogen-bond acceptors (Lipinski definition) is 4. The van der Waals surface area contributed by atoms with Crippen molar-refractivity contribution in [3.8, 4) is 5.75 Å². The van der Waals surface area contributed by atoms with E-state index in [0.717, 1.165) is 12.8 Å². The van der Waals surface area contributed by atoms with Gasteiger partial charge in [0.05, 0.1) is 0 Å². The number of nitrogens with one attached hydrogen (secondary N) is 1. The van der Waals surface area contributed by atoms with Gasteiger partial charge >= 0.3 is 5.97 Å². The Bertz CT molecular complexity index is 704. The highest BCUT2D eigenvalue weighted by molar-refractivity contribution is 6.30. The highest BCUT2D eigenvalue weighted by Crippen LogP contribution is 2.15. The minimum Gasteiger partial charge on any atom is -0.482 e. The molecule has 1 N–H and O–H groups in total. The van der Waals surface area contributed by atoms with Gasteiger partial charge in [-0.25, -0.2) is 4.79 Å². The first kappa shape index (κ1) is 19.8. The van der Waals surface area contributed by atoms with Gasteiger partial charge in [0.1, 0.15) is 5.75 Å². The Kier molecular flexibility index (Phi) is 7.96. The second kappa shape index (κ2) is 10.5. The van der Waals surface area contributed by atoms with E-state index in [4.69, 9.17) is 21.1 Å². The summed E-state index contributed by atoms with van der Waals surface area (Å²) in [5.41, 5.74) is 1.22. The van der Waals surface area contributed by atoms with Crippen LogP contribution in [-0.4, -0.2) is 31.1 Å². The first-order chi connectivity index (χ1) is 12.5. The van der Waals surface area contributed by atoms with Gasteiger partial charge in [0.25, 0.3) is 5.91 Å². The summed E-state index contributed by atoms with van der Waals surface area (Å²) >= 11 is 5.77. The summed E-state index contributed by atoms with van der Waals surface area (Å²) in [4.78, 5) is 23.5. The summed E-state index contributed by atoms with van der Waals surface area (Å²) in [5.74, 6) is -0.428. The number of benzene rings is 2. The zero-order chi connectivity index (χ0) is 18.8. The van der Waals surface area contributed by atoms with Crippen molar-refractivity contribution >= 4 is 23.5 Å². The number of halogens is 1. The SMILES string of the molecule is C[C@H](CCc1ccccc1)NC(=O)COC(=O)COc1ccc(Cl)cc1. The minimum atomic E-state index is -0.605. The second-order valence-electron chi connectivity index (χ2n) is 5.90. The number of amides is 1. The van der Waals surface area contributed by atoms with Crippen molar-refractivity contribution in [2.24, 2.45) is 0 Å². The lowest BCUT2D eigenvalue weighted by molar-refractivity contribution is -0.150. The molecule has 0 radical (unpaired) electrons. The van der Waals surface area contributed by atoms with E-state index in [1.54, 1.807) is 24.3 Å². The van der Waals surface area contributed by atoms with Crippen LogP contribution in [0.5, 0.6) is 5.75 Å². The normalized spacial score (nSPS) is 11.5. The molecule has 2 aromatic carbocycles. The molecular weight excluding hydrogens is 354 g/mol. The summed E-state index contributed by atoms with van der Waals surface area (Å²) in [5, 5.41) is 3.40. The maximum Gasteiger partial charge on any atom is 0.344 e. The molecule has 0 fully saturated rings. The van der Waals surface area contributed by atoms with Gasteiger partial charge in [0.2, 0.25) is 0 Å². The molecule has 0 aliphatic rings. The van der Waals surface area contributed by atoms with Crippen LogP contribution in [0.25, 0.3) is 0 Å². The summed E-state index contributed by atoms with van der Waals surface area (Å²) < 4.78 is 10.2. The van der Waals surface area contributed by atoms with Crippen molar-refractivity contribution in [3.63, 3.8) is 0 Å². The van der Waals surface area contributed by atoms with Gasteiger partial charge in [-0.1, -0.05) is 41.9 Å². The molecule has 0 aliphatic heterocycles. The van der Waals surface area contributed by atoms with E-state index in [9.17, 15) is 9.59 Å². The molecule has 138 valence electrons. The van der Waals surface area contributed by atoms with Crippen LogP contribution in [0, 0.1) is 0 Å². The molecule has 2 aromatic rings. The third-order valence-corrected chi connectivity index (χ3v) is 3.90. The Labute approximate surface area is 158 Å². The predicted octanol–water partition coefficient (Wildman–Crippen LogP) is 3.40. The third-order valence-electron chi connectivity index (χ3n) is 3.65. The van der Waals surface area contributed by atoms with E-state index in [2.05, 4.69) is 17.4 Å². The average molecular weight is 376 g/mol. The zero-order valence-corrected chi connectivity index (χ0v) is 15.4. The molecule has 0 saturated heterocycles. The minimum absolute atomic E-state index is 0.00766. The molecule has 0 aliphatic carbocycles. The van der Waals surface area contributed by atoms with Crippen LogP contribution in [-0.2, 0) is 20.7 Å². The Morgan fingerprint density at radius 3 is 2.42 bits per heavy atom. The van der Waals surface area contributed by atoms with Crippen LogP contribution in [0.15, 0.2) is 54.6 Å². The molecule has 0 unspecified atom stereocenters. The maximum atomic E-state index is 11.8. The van der Waals surface area contributed by atoms with Gasteiger partial charge in [-0.05, 0) is 49.6 Å². The molecular formula is C20H22ClNO4. The van der Waals surface area contributed by atoms with E-state index in [0.29, 0.717) is 10.8 Å². The van der Waals surface area contributed by atoms with Gasteiger partial charge < -0.3 is 14.8 Å². The van der Waals surface area contributed by atoms with E-state index < -0.39 is 5.97 Å². The van der Waals surface area contributed by atoms with Gasteiger partial charge in [0.15, 0.2) is 13.2 Å². The monoisotopic (exact) mass is 375 g/mol. The smallest absolute Gasteiger partial charge is 0.344 e. The van der Waals surface area contributed by atoms with Crippen LogP contribution in [0.3, 0.4) is 0 Å². The molecule has 2 rings (SSSR count). The van der Waals surface area contributed by atoms with Crippen LogP contribution in [0.1, 0.15) is 18.9 Å². The molecule has 6 heteroatoms. The summed E-state index contributed by atoms with van der Waals surface area (Å²) in [6.07, 6.45) is 1.68. The fraction of sp³-hybridized carbons (Fsp3) is 0.300. The average Bonchev–Trinajstić information content (AvgIpc) is 2.65. The highest BCUT2D eigenvalue weighted by Gasteiger charge is 2.11. The molecule has 0 heterocycles. The molecule has 1 amide bonds. The van der Waals surface area contributed by atoms with Crippen molar-refractivity contribution in [1.29, 1.82) is 0 Å². The Balaban J connectivity index is 1.61. The van der Waals surface area contributed by atoms with Crippen LogP contribution in [0.2, 0.25) is 5.02 Å². The number of ether oxygens (including phenoxy) is 2. The first-order valence-corrected chi connectivity index (χ1v) is 8.78. The van der Waals surface area contributed by atoms with Gasteiger partial charge in [0, 0.05) is 11.1 Å². The predicted molar refractivity (Wildman–Crippen MR) is 100 cm³/mol. The Hall–Kier alpha value is -2.53. The number of rotatable bonds is 9. The van der Waals surface area contributed by atoms with E-state index in [-0.39, 0.29) is 25.2 Å². The lowest BCUT2D eigenvalue weighted by Crippen LogP contribution is -2.36. The standard InChI is InChI=1S/C20H22ClNO4/c1-15(7-8-16-5-3-2-4-6-16)22-19(23)13-26-20(24)14-25-18-11-9-17(21)10-12-18/h2-6,9-12,15H,7-8,13-14H2,1H3,(H,22,23)/t15-/m1/s1. The van der Waals surface area contributed by atoms with Gasteiger partial charge in [-0.15, -0.1) is 0 Å². The maximum absolute atomic E-state index is 11.8. The van der Waals surface area contributed by atoms with E-state index >= 15 is 0 Å². The molecule has 0 bridgehead atoms. The third kappa shape index (κ3) is 7.57. The first-order valence-electron chi connectivity index (χ1n) is 8.40. The molecule has 1 atom stereocenters. The Morgan fingerprint density at radius 1 is 1.04 bits per heavy atom. The summed E-state index contributed by atoms with van der Waals surface area (Å²) in [6, 6.07) is 16.7. The summed E-state index contributed by atoms with van der Waals surface area (Å²) in [6.45, 7) is 1.34. The molecule has 26 heavy (non-hydrogen) atoms. The second-order valence-corrected chi connectivity index (χ2v) is 6.33. The molecule has 0 saturated carbocycles. The molecule has 0 spiro atoms. The lowest BCUT2D eigenvalue weighted by Gasteiger charge is -2.14. The van der Waals surface area contributed by atoms with Crippen LogP contribution < -0.4 is 10.1 Å². The lowest BCUT2D eigenvalue weighted by atomic mass is 10.1. The number of carbonyl (C=O) groups excluding carboxylic acids is 2. The van der Waals surface area contributed by atoms with Crippen molar-refractivity contribution in [2.75, 3.05) is 13.2 Å². The topological polar surface area (TPSA) is 64.6 Å². The number of esters is 1. The number of aryl methyl sites for hydroxylation is 1. The fourth-order valence-corrected chi connectivity index (χ4v) is 2.40. The van der Waals surface area contributed by atoms with Crippen molar-refractivity contribution in [1.82, 2.24) is 5.32 Å². The van der Waals surface area contributed by atoms with Gasteiger partial charge in [-0.3, -0.25) is 4.79 Å². The van der Waals surface area contributed by atoms with Crippen molar-refractivity contribution < 1.29 is 19.1 Å².